The van der Waals surface area contributed by atoms with E-state index in [0.717, 1.165) is 6.42 Å². The van der Waals surface area contributed by atoms with Crippen LogP contribution in [0.1, 0.15) is 32.8 Å². The van der Waals surface area contributed by atoms with Crippen molar-refractivity contribution in [2.24, 2.45) is 5.92 Å². The van der Waals surface area contributed by atoms with Gasteiger partial charge in [-0.15, -0.1) is 0 Å². The lowest BCUT2D eigenvalue weighted by atomic mass is 10.1. The molecule has 3 nitrogen and oxygen atoms in total. The molecule has 0 bridgehead atoms. The summed E-state index contributed by atoms with van der Waals surface area (Å²) in [6, 6.07) is 4.88. The van der Waals surface area contributed by atoms with Crippen LogP contribution in [0.5, 0.6) is 0 Å². The lowest BCUT2D eigenvalue weighted by Crippen LogP contribution is -2.36. The van der Waals surface area contributed by atoms with Crippen molar-refractivity contribution in [1.29, 1.82) is 0 Å². The number of sulfonamides is 1. The zero-order valence-corrected chi connectivity index (χ0v) is 14.6. The first-order chi connectivity index (χ1) is 9.13. The molecule has 1 atom stereocenters. The smallest absolute Gasteiger partial charge is 0.212 e. The first-order valence-electron chi connectivity index (χ1n) is 6.53. The zero-order chi connectivity index (χ0) is 15.5. The van der Waals surface area contributed by atoms with Crippen LogP contribution >= 0.6 is 23.2 Å². The van der Waals surface area contributed by atoms with Gasteiger partial charge in [0.15, 0.2) is 0 Å². The fraction of sp³-hybridized carbons (Fsp3) is 0.571. The van der Waals surface area contributed by atoms with Gasteiger partial charge in [-0.3, -0.25) is 0 Å². The molecule has 0 N–H and O–H groups in total. The standard InChI is InChI=1S/C14H21Cl2NO2S/c1-10(2)7-11(3)17(4)20(18,19)9-12-5-6-13(15)14(16)8-12/h5-6,8,10-11H,7,9H2,1-4H3. The lowest BCUT2D eigenvalue weighted by molar-refractivity contribution is 0.337. The minimum atomic E-state index is -3.36. The van der Waals surface area contributed by atoms with Gasteiger partial charge in [0.25, 0.3) is 0 Å². The Balaban J connectivity index is 2.85. The second kappa shape index (κ2) is 7.12. The first kappa shape index (κ1) is 17.8. The highest BCUT2D eigenvalue weighted by molar-refractivity contribution is 7.88. The number of benzene rings is 1. The topological polar surface area (TPSA) is 37.4 Å². The summed E-state index contributed by atoms with van der Waals surface area (Å²) in [7, 11) is -1.73. The molecule has 0 saturated carbocycles. The minimum absolute atomic E-state index is 0.0252. The van der Waals surface area contributed by atoms with Gasteiger partial charge in [0.1, 0.15) is 0 Å². The van der Waals surface area contributed by atoms with Crippen LogP contribution in [0.3, 0.4) is 0 Å². The largest absolute Gasteiger partial charge is 0.218 e. The molecule has 0 saturated heterocycles. The molecular weight excluding hydrogens is 317 g/mol. The van der Waals surface area contributed by atoms with E-state index in [4.69, 9.17) is 23.2 Å². The molecular formula is C14H21Cl2NO2S. The highest BCUT2D eigenvalue weighted by Gasteiger charge is 2.24. The predicted molar refractivity (Wildman–Crippen MR) is 85.8 cm³/mol. The fourth-order valence-corrected chi connectivity index (χ4v) is 3.81. The van der Waals surface area contributed by atoms with E-state index in [1.807, 2.05) is 6.92 Å². The van der Waals surface area contributed by atoms with Crippen molar-refractivity contribution in [3.63, 3.8) is 0 Å². The van der Waals surface area contributed by atoms with Crippen LogP contribution in [0.4, 0.5) is 0 Å². The second-order valence-corrected chi connectivity index (χ2v) is 8.34. The van der Waals surface area contributed by atoms with E-state index < -0.39 is 10.0 Å². The average Bonchev–Trinajstić information content (AvgIpc) is 2.31. The molecule has 1 aromatic rings. The molecule has 0 aliphatic heterocycles. The van der Waals surface area contributed by atoms with E-state index in [2.05, 4.69) is 13.8 Å². The highest BCUT2D eigenvalue weighted by atomic mass is 35.5. The molecule has 20 heavy (non-hydrogen) atoms. The number of hydrogen-bond donors (Lipinski definition) is 0. The number of hydrogen-bond acceptors (Lipinski definition) is 2. The van der Waals surface area contributed by atoms with E-state index in [1.54, 1.807) is 25.2 Å². The van der Waals surface area contributed by atoms with Crippen LogP contribution in [-0.2, 0) is 15.8 Å². The third kappa shape index (κ3) is 4.92. The number of rotatable bonds is 6. The summed E-state index contributed by atoms with van der Waals surface area (Å²) in [6.07, 6.45) is 0.830. The van der Waals surface area contributed by atoms with E-state index in [1.165, 1.54) is 4.31 Å². The van der Waals surface area contributed by atoms with Crippen molar-refractivity contribution in [2.45, 2.75) is 39.0 Å². The molecule has 0 amide bonds. The number of halogens is 2. The molecule has 0 radical (unpaired) electrons. The van der Waals surface area contributed by atoms with E-state index >= 15 is 0 Å². The molecule has 1 aromatic carbocycles. The van der Waals surface area contributed by atoms with E-state index in [9.17, 15) is 8.42 Å². The molecule has 0 spiro atoms. The third-order valence-corrected chi connectivity index (χ3v) is 5.88. The van der Waals surface area contributed by atoms with Crippen molar-refractivity contribution in [1.82, 2.24) is 4.31 Å². The van der Waals surface area contributed by atoms with Gasteiger partial charge in [0.05, 0.1) is 15.8 Å². The third-order valence-electron chi connectivity index (χ3n) is 3.21. The summed E-state index contributed by atoms with van der Waals surface area (Å²) in [6.45, 7) is 6.08. The Morgan fingerprint density at radius 3 is 2.25 bits per heavy atom. The molecule has 1 rings (SSSR count). The van der Waals surface area contributed by atoms with Crippen molar-refractivity contribution < 1.29 is 8.42 Å². The molecule has 114 valence electrons. The van der Waals surface area contributed by atoms with Crippen LogP contribution in [-0.4, -0.2) is 25.8 Å². The van der Waals surface area contributed by atoms with Gasteiger partial charge in [-0.25, -0.2) is 12.7 Å². The Bertz CT molecular complexity index is 558. The van der Waals surface area contributed by atoms with Crippen molar-refractivity contribution in [2.75, 3.05) is 7.05 Å². The highest BCUT2D eigenvalue weighted by Crippen LogP contribution is 2.24. The van der Waals surface area contributed by atoms with Gasteiger partial charge in [0.2, 0.25) is 10.0 Å². The van der Waals surface area contributed by atoms with Gasteiger partial charge >= 0.3 is 0 Å². The van der Waals surface area contributed by atoms with Gasteiger partial charge in [-0.1, -0.05) is 43.1 Å². The minimum Gasteiger partial charge on any atom is -0.212 e. The number of nitrogens with zero attached hydrogens (tertiary/aromatic N) is 1. The maximum Gasteiger partial charge on any atom is 0.218 e. The van der Waals surface area contributed by atoms with Crippen molar-refractivity contribution in [3.05, 3.63) is 33.8 Å². The Labute approximate surface area is 131 Å². The average molecular weight is 338 g/mol. The molecule has 0 fully saturated rings. The molecule has 6 heteroatoms. The van der Waals surface area contributed by atoms with Crippen LogP contribution in [0.15, 0.2) is 18.2 Å². The summed E-state index contributed by atoms with van der Waals surface area (Å²) in [5, 5.41) is 0.798. The normalized spacial score (nSPS) is 14.0. The van der Waals surface area contributed by atoms with Crippen molar-refractivity contribution >= 4 is 33.2 Å². The van der Waals surface area contributed by atoms with Crippen LogP contribution in [0, 0.1) is 5.92 Å². The van der Waals surface area contributed by atoms with E-state index in [0.29, 0.717) is 21.5 Å². The molecule has 0 heterocycles. The van der Waals surface area contributed by atoms with Crippen LogP contribution < -0.4 is 0 Å². The van der Waals surface area contributed by atoms with Gasteiger partial charge in [-0.2, -0.15) is 0 Å². The zero-order valence-electron chi connectivity index (χ0n) is 12.2. The van der Waals surface area contributed by atoms with Gasteiger partial charge < -0.3 is 0 Å². The monoisotopic (exact) mass is 337 g/mol. The van der Waals surface area contributed by atoms with Gasteiger partial charge in [-0.05, 0) is 37.0 Å². The lowest BCUT2D eigenvalue weighted by Gasteiger charge is -2.25. The van der Waals surface area contributed by atoms with Crippen molar-refractivity contribution in [3.8, 4) is 0 Å². The quantitative estimate of drug-likeness (QED) is 0.780. The Hall–Kier alpha value is -0.290. The molecule has 0 aliphatic carbocycles. The Kier molecular flexibility index (Phi) is 6.32. The SMILES string of the molecule is CC(C)CC(C)N(C)S(=O)(=O)Cc1ccc(Cl)c(Cl)c1. The summed E-state index contributed by atoms with van der Waals surface area (Å²) in [4.78, 5) is 0. The second-order valence-electron chi connectivity index (χ2n) is 5.50. The summed E-state index contributed by atoms with van der Waals surface area (Å²) < 4.78 is 26.2. The fourth-order valence-electron chi connectivity index (χ4n) is 2.05. The molecule has 0 aliphatic rings. The summed E-state index contributed by atoms with van der Waals surface area (Å²) in [5.74, 6) is 0.385. The summed E-state index contributed by atoms with van der Waals surface area (Å²) >= 11 is 11.7. The van der Waals surface area contributed by atoms with Gasteiger partial charge in [0, 0.05) is 13.1 Å². The molecule has 1 unspecified atom stereocenters. The summed E-state index contributed by atoms with van der Waals surface area (Å²) in [5.41, 5.74) is 0.642. The Morgan fingerprint density at radius 1 is 1.15 bits per heavy atom. The Morgan fingerprint density at radius 2 is 1.75 bits per heavy atom. The van der Waals surface area contributed by atoms with E-state index in [-0.39, 0.29) is 11.8 Å². The van der Waals surface area contributed by atoms with Crippen LogP contribution in [0.25, 0.3) is 0 Å². The predicted octanol–water partition coefficient (Wildman–Crippen LogP) is 4.19. The first-order valence-corrected chi connectivity index (χ1v) is 8.89. The van der Waals surface area contributed by atoms with Crippen LogP contribution in [0.2, 0.25) is 10.0 Å². The molecule has 0 aromatic heterocycles. The maximum absolute atomic E-state index is 12.4. The maximum atomic E-state index is 12.4.